The zero-order chi connectivity index (χ0) is 18.1. The third-order valence-electron chi connectivity index (χ3n) is 3.94. The Kier molecular flexibility index (Phi) is 4.18. The second kappa shape index (κ2) is 6.64. The molecule has 0 saturated heterocycles. The van der Waals surface area contributed by atoms with E-state index in [1.54, 1.807) is 16.6 Å². The van der Waals surface area contributed by atoms with Gasteiger partial charge < -0.3 is 9.73 Å². The Morgan fingerprint density at radius 3 is 2.85 bits per heavy atom. The largest absolute Gasteiger partial charge is 0.459 e. The van der Waals surface area contributed by atoms with Crippen LogP contribution in [0.5, 0.6) is 0 Å². The van der Waals surface area contributed by atoms with E-state index in [2.05, 4.69) is 20.4 Å². The zero-order valence-corrected chi connectivity index (χ0v) is 14.9. The van der Waals surface area contributed by atoms with Crippen LogP contribution in [-0.4, -0.2) is 25.5 Å². The van der Waals surface area contributed by atoms with Crippen LogP contribution in [-0.2, 0) is 0 Å². The van der Waals surface area contributed by atoms with Gasteiger partial charge in [-0.15, -0.1) is 0 Å². The van der Waals surface area contributed by atoms with E-state index in [0.717, 1.165) is 21.2 Å². The number of hydrogen-bond acceptors (Lipinski definition) is 6. The van der Waals surface area contributed by atoms with Crippen molar-refractivity contribution in [2.45, 2.75) is 23.8 Å². The predicted octanol–water partition coefficient (Wildman–Crippen LogP) is 3.74. The molecule has 0 bridgehead atoms. The third-order valence-corrected chi connectivity index (χ3v) is 5.19. The molecule has 1 aromatic carbocycles. The van der Waals surface area contributed by atoms with Gasteiger partial charge in [-0.25, -0.2) is 4.98 Å². The molecule has 0 unspecified atom stereocenters. The maximum Gasteiger partial charge on any atom is 0.291 e. The SMILES string of the molecule is Cc1nc2ncnn2c(Sc2ccccc2NC(=O)c2ccco2)c1C. The van der Waals surface area contributed by atoms with Gasteiger partial charge in [0.2, 0.25) is 0 Å². The Hall–Kier alpha value is -3.13. The molecule has 3 heterocycles. The van der Waals surface area contributed by atoms with Gasteiger partial charge in [-0.05, 0) is 38.1 Å². The fourth-order valence-corrected chi connectivity index (χ4v) is 3.58. The van der Waals surface area contributed by atoms with Gasteiger partial charge in [-0.3, -0.25) is 4.79 Å². The van der Waals surface area contributed by atoms with Crippen molar-refractivity contribution in [3.05, 3.63) is 66.0 Å². The summed E-state index contributed by atoms with van der Waals surface area (Å²) in [6.07, 6.45) is 2.95. The molecule has 0 aliphatic rings. The molecule has 0 spiro atoms. The van der Waals surface area contributed by atoms with Gasteiger partial charge in [0, 0.05) is 16.2 Å². The average molecular weight is 365 g/mol. The molecular formula is C18H15N5O2S. The molecule has 0 fully saturated rings. The normalized spacial score (nSPS) is 11.0. The van der Waals surface area contributed by atoms with Gasteiger partial charge in [0.15, 0.2) is 5.76 Å². The van der Waals surface area contributed by atoms with Gasteiger partial charge >= 0.3 is 0 Å². The second-order valence-electron chi connectivity index (χ2n) is 5.63. The third kappa shape index (κ3) is 2.95. The summed E-state index contributed by atoms with van der Waals surface area (Å²) in [7, 11) is 0. The van der Waals surface area contributed by atoms with Gasteiger partial charge in [-0.1, -0.05) is 23.9 Å². The van der Waals surface area contributed by atoms with E-state index in [0.29, 0.717) is 11.5 Å². The zero-order valence-electron chi connectivity index (χ0n) is 14.1. The number of aromatic nitrogens is 4. The summed E-state index contributed by atoms with van der Waals surface area (Å²) in [6.45, 7) is 3.94. The molecular weight excluding hydrogens is 350 g/mol. The number of para-hydroxylation sites is 1. The average Bonchev–Trinajstić information content (AvgIpc) is 3.31. The molecule has 26 heavy (non-hydrogen) atoms. The molecule has 3 aromatic heterocycles. The van der Waals surface area contributed by atoms with Crippen molar-refractivity contribution >= 4 is 29.1 Å². The van der Waals surface area contributed by atoms with E-state index in [-0.39, 0.29) is 11.7 Å². The monoisotopic (exact) mass is 365 g/mol. The van der Waals surface area contributed by atoms with Gasteiger partial charge in [0.25, 0.3) is 11.7 Å². The minimum atomic E-state index is -0.295. The summed E-state index contributed by atoms with van der Waals surface area (Å²) in [5.74, 6) is 0.517. The first-order valence-corrected chi connectivity index (χ1v) is 8.74. The molecule has 4 rings (SSSR count). The minimum Gasteiger partial charge on any atom is -0.459 e. The Balaban J connectivity index is 1.71. The Morgan fingerprint density at radius 1 is 1.19 bits per heavy atom. The molecule has 0 radical (unpaired) electrons. The molecule has 0 aliphatic carbocycles. The van der Waals surface area contributed by atoms with Crippen LogP contribution in [0.3, 0.4) is 0 Å². The van der Waals surface area contributed by atoms with E-state index in [9.17, 15) is 4.79 Å². The number of furan rings is 1. The van der Waals surface area contributed by atoms with Crippen LogP contribution in [0.1, 0.15) is 21.8 Å². The molecule has 1 amide bonds. The summed E-state index contributed by atoms with van der Waals surface area (Å²) in [5.41, 5.74) is 2.60. The van der Waals surface area contributed by atoms with Crippen LogP contribution in [0.4, 0.5) is 5.69 Å². The lowest BCUT2D eigenvalue weighted by atomic mass is 10.3. The Labute approximate surface area is 153 Å². The van der Waals surface area contributed by atoms with Crippen LogP contribution < -0.4 is 5.32 Å². The summed E-state index contributed by atoms with van der Waals surface area (Å²) in [6, 6.07) is 10.9. The van der Waals surface area contributed by atoms with E-state index in [1.807, 2.05) is 38.1 Å². The number of amides is 1. The number of nitrogens with one attached hydrogen (secondary N) is 1. The van der Waals surface area contributed by atoms with Crippen LogP contribution in [0.15, 0.2) is 63.3 Å². The Bertz CT molecular complexity index is 1090. The van der Waals surface area contributed by atoms with Crippen molar-refractivity contribution in [2.75, 3.05) is 5.32 Å². The van der Waals surface area contributed by atoms with Crippen molar-refractivity contribution in [1.29, 1.82) is 0 Å². The first-order chi connectivity index (χ1) is 12.6. The van der Waals surface area contributed by atoms with E-state index >= 15 is 0 Å². The molecule has 130 valence electrons. The molecule has 8 heteroatoms. The maximum atomic E-state index is 12.3. The topological polar surface area (TPSA) is 85.3 Å². The number of nitrogens with zero attached hydrogens (tertiary/aromatic N) is 4. The highest BCUT2D eigenvalue weighted by atomic mass is 32.2. The molecule has 1 N–H and O–H groups in total. The summed E-state index contributed by atoms with van der Waals surface area (Å²) >= 11 is 1.50. The van der Waals surface area contributed by atoms with Crippen LogP contribution >= 0.6 is 11.8 Å². The highest BCUT2D eigenvalue weighted by Crippen LogP contribution is 2.35. The van der Waals surface area contributed by atoms with Gasteiger partial charge in [0.1, 0.15) is 11.4 Å². The first-order valence-electron chi connectivity index (χ1n) is 7.92. The minimum absolute atomic E-state index is 0.263. The molecule has 4 aromatic rings. The van der Waals surface area contributed by atoms with Crippen molar-refractivity contribution in [1.82, 2.24) is 19.6 Å². The predicted molar refractivity (Wildman–Crippen MR) is 97.5 cm³/mol. The smallest absolute Gasteiger partial charge is 0.291 e. The van der Waals surface area contributed by atoms with Crippen LogP contribution in [0.25, 0.3) is 5.78 Å². The fourth-order valence-electron chi connectivity index (χ4n) is 2.48. The molecule has 7 nitrogen and oxygen atoms in total. The number of hydrogen-bond donors (Lipinski definition) is 1. The fraction of sp³-hybridized carbons (Fsp3) is 0.111. The Morgan fingerprint density at radius 2 is 2.04 bits per heavy atom. The summed E-state index contributed by atoms with van der Waals surface area (Å²) in [5, 5.41) is 8.07. The highest BCUT2D eigenvalue weighted by Gasteiger charge is 2.16. The number of aryl methyl sites for hydroxylation is 1. The quantitative estimate of drug-likeness (QED) is 0.555. The number of benzene rings is 1. The lowest BCUT2D eigenvalue weighted by Crippen LogP contribution is -2.11. The number of anilines is 1. The number of rotatable bonds is 4. The van der Waals surface area contributed by atoms with Crippen LogP contribution in [0.2, 0.25) is 0 Å². The van der Waals surface area contributed by atoms with Crippen molar-refractivity contribution in [3.8, 4) is 0 Å². The van der Waals surface area contributed by atoms with E-state index < -0.39 is 0 Å². The molecule has 0 aliphatic heterocycles. The summed E-state index contributed by atoms with van der Waals surface area (Å²) in [4.78, 5) is 21.8. The van der Waals surface area contributed by atoms with Crippen molar-refractivity contribution in [3.63, 3.8) is 0 Å². The van der Waals surface area contributed by atoms with Gasteiger partial charge in [-0.2, -0.15) is 14.6 Å². The van der Waals surface area contributed by atoms with Crippen LogP contribution in [0, 0.1) is 13.8 Å². The lowest BCUT2D eigenvalue weighted by Gasteiger charge is -2.13. The number of carbonyl (C=O) groups is 1. The maximum absolute atomic E-state index is 12.3. The standard InChI is InChI=1S/C18H15N5O2S/c1-11-12(2)21-18-19-10-20-23(18)17(11)26-15-8-4-3-6-13(15)22-16(24)14-7-5-9-25-14/h3-10H,1-2H3,(H,22,24). The lowest BCUT2D eigenvalue weighted by molar-refractivity contribution is 0.0996. The number of fused-ring (bicyclic) bond motifs is 1. The second-order valence-corrected chi connectivity index (χ2v) is 6.66. The van der Waals surface area contributed by atoms with Crippen molar-refractivity contribution < 1.29 is 9.21 Å². The van der Waals surface area contributed by atoms with E-state index in [4.69, 9.17) is 4.42 Å². The van der Waals surface area contributed by atoms with E-state index in [1.165, 1.54) is 24.4 Å². The number of carbonyl (C=O) groups excluding carboxylic acids is 1. The molecule has 0 atom stereocenters. The van der Waals surface area contributed by atoms with Gasteiger partial charge in [0.05, 0.1) is 12.0 Å². The first kappa shape index (κ1) is 16.3. The van der Waals surface area contributed by atoms with Crippen molar-refractivity contribution in [2.24, 2.45) is 0 Å². The highest BCUT2D eigenvalue weighted by molar-refractivity contribution is 7.99. The summed E-state index contributed by atoms with van der Waals surface area (Å²) < 4.78 is 6.86. The molecule has 0 saturated carbocycles.